The van der Waals surface area contributed by atoms with Crippen molar-refractivity contribution >= 4 is 23.1 Å². The molecule has 0 aromatic carbocycles. The Balaban J connectivity index is 0. The molecule has 0 amide bonds. The van der Waals surface area contributed by atoms with Gasteiger partial charge in [0.2, 0.25) is 0 Å². The molecule has 0 radical (unpaired) electrons. The summed E-state index contributed by atoms with van der Waals surface area (Å²) in [6, 6.07) is 3.55. The number of hydrogen-bond donors (Lipinski definition) is 0. The van der Waals surface area contributed by atoms with Gasteiger partial charge in [0.1, 0.15) is 0 Å². The summed E-state index contributed by atoms with van der Waals surface area (Å²) in [6.45, 7) is 0. The minimum absolute atomic E-state index is 0. The van der Waals surface area contributed by atoms with Crippen molar-refractivity contribution in [1.29, 1.82) is 5.26 Å². The van der Waals surface area contributed by atoms with Crippen LogP contribution in [0.15, 0.2) is 12.1 Å². The number of nitriles is 1. The zero-order valence-electron chi connectivity index (χ0n) is 7.18. The van der Waals surface area contributed by atoms with E-state index in [1.807, 2.05) is 0 Å². The molecule has 1 aromatic rings. The second kappa shape index (κ2) is 6.71. The third-order valence-electron chi connectivity index (χ3n) is 1.05. The Bertz CT molecular complexity index is 353. The fourth-order valence-electron chi connectivity index (χ4n) is 0.636. The van der Waals surface area contributed by atoms with Crippen molar-refractivity contribution in [2.45, 2.75) is 6.36 Å². The Morgan fingerprint density at radius 3 is 2.53 bits per heavy atom. The van der Waals surface area contributed by atoms with Gasteiger partial charge in [0.25, 0.3) is 0 Å². The van der Waals surface area contributed by atoms with E-state index in [1.165, 1.54) is 6.07 Å². The molecule has 0 aliphatic carbocycles. The molecule has 0 atom stereocenters. The van der Waals surface area contributed by atoms with E-state index in [2.05, 4.69) is 15.9 Å². The summed E-state index contributed by atoms with van der Waals surface area (Å²) in [5.74, 6) is -0.617. The third kappa shape index (κ3) is 5.66. The SMILES string of the molecule is N#Cc1n[c-]ccc1OC(F)(F)F.[Cl-].[Mg+2]. The van der Waals surface area contributed by atoms with Gasteiger partial charge in [-0.15, -0.1) is 19.2 Å². The fourth-order valence-corrected chi connectivity index (χ4v) is 0.636. The average molecular weight is 247 g/mol. The number of hydrogen-bond acceptors (Lipinski definition) is 3. The van der Waals surface area contributed by atoms with Crippen LogP contribution in [0.25, 0.3) is 0 Å². The smallest absolute Gasteiger partial charge is 1.00 e. The van der Waals surface area contributed by atoms with Crippen LogP contribution in [0.4, 0.5) is 13.2 Å². The van der Waals surface area contributed by atoms with Crippen molar-refractivity contribution in [3.8, 4) is 11.8 Å². The largest absolute Gasteiger partial charge is 2.00 e. The number of ether oxygens (including phenoxy) is 1. The summed E-state index contributed by atoms with van der Waals surface area (Å²) in [7, 11) is 0. The van der Waals surface area contributed by atoms with E-state index in [-0.39, 0.29) is 35.5 Å². The summed E-state index contributed by atoms with van der Waals surface area (Å²) in [5, 5.41) is 8.34. The first-order valence-corrected chi connectivity index (χ1v) is 3.06. The second-order valence-electron chi connectivity index (χ2n) is 1.95. The maximum atomic E-state index is 11.7. The average Bonchev–Trinajstić information content (AvgIpc) is 2.02. The van der Waals surface area contributed by atoms with E-state index in [4.69, 9.17) is 5.26 Å². The van der Waals surface area contributed by atoms with Gasteiger partial charge in [0, 0.05) is 0 Å². The second-order valence-corrected chi connectivity index (χ2v) is 1.95. The van der Waals surface area contributed by atoms with Gasteiger partial charge in [-0.2, -0.15) is 6.07 Å². The molecule has 1 rings (SSSR count). The summed E-state index contributed by atoms with van der Waals surface area (Å²) >= 11 is 0. The summed E-state index contributed by atoms with van der Waals surface area (Å²) in [4.78, 5) is 3.27. The third-order valence-corrected chi connectivity index (χ3v) is 1.05. The minimum atomic E-state index is -4.81. The van der Waals surface area contributed by atoms with Crippen LogP contribution >= 0.6 is 0 Å². The topological polar surface area (TPSA) is 45.9 Å². The van der Waals surface area contributed by atoms with E-state index >= 15 is 0 Å². The molecule has 0 aliphatic rings. The molecule has 76 valence electrons. The molecule has 0 saturated heterocycles. The molecule has 15 heavy (non-hydrogen) atoms. The van der Waals surface area contributed by atoms with E-state index in [9.17, 15) is 13.2 Å². The van der Waals surface area contributed by atoms with Crippen molar-refractivity contribution in [3.63, 3.8) is 0 Å². The molecule has 0 unspecified atom stereocenters. The first-order chi connectivity index (χ1) is 6.03. The van der Waals surface area contributed by atoms with Crippen molar-refractivity contribution in [2.24, 2.45) is 0 Å². The molecule has 0 N–H and O–H groups in total. The van der Waals surface area contributed by atoms with Gasteiger partial charge in [-0.3, -0.25) is 0 Å². The summed E-state index contributed by atoms with van der Waals surface area (Å²) < 4.78 is 38.6. The molecule has 1 heterocycles. The van der Waals surface area contributed by atoms with Gasteiger partial charge in [0.05, 0.1) is 17.5 Å². The Kier molecular flexibility index (Phi) is 7.48. The first kappa shape index (κ1) is 16.7. The summed E-state index contributed by atoms with van der Waals surface area (Å²) in [6.07, 6.45) is -2.59. The zero-order chi connectivity index (χ0) is 9.90. The number of pyridine rings is 1. The van der Waals surface area contributed by atoms with Gasteiger partial charge in [-0.1, -0.05) is 6.20 Å². The van der Waals surface area contributed by atoms with Gasteiger partial charge in [0.15, 0.2) is 0 Å². The van der Waals surface area contributed by atoms with Gasteiger partial charge < -0.3 is 22.1 Å². The summed E-state index contributed by atoms with van der Waals surface area (Å²) in [5.41, 5.74) is -0.445. The fraction of sp³-hybridized carbons (Fsp3) is 0.143. The number of aromatic nitrogens is 1. The molecule has 1 aromatic heterocycles. The van der Waals surface area contributed by atoms with Crippen molar-refractivity contribution in [1.82, 2.24) is 4.98 Å². The molecular weight excluding hydrogens is 245 g/mol. The van der Waals surface area contributed by atoms with Crippen LogP contribution in [0.3, 0.4) is 0 Å². The van der Waals surface area contributed by atoms with Crippen LogP contribution in [-0.2, 0) is 0 Å². The quantitative estimate of drug-likeness (QED) is 0.437. The van der Waals surface area contributed by atoms with E-state index in [1.54, 1.807) is 0 Å². The molecule has 0 spiro atoms. The maximum absolute atomic E-state index is 11.7. The van der Waals surface area contributed by atoms with E-state index in [0.717, 1.165) is 12.1 Å². The Morgan fingerprint density at radius 2 is 2.07 bits per heavy atom. The van der Waals surface area contributed by atoms with Crippen LogP contribution in [0.5, 0.6) is 5.75 Å². The zero-order valence-corrected chi connectivity index (χ0v) is 9.35. The van der Waals surface area contributed by atoms with Crippen LogP contribution in [0.1, 0.15) is 5.69 Å². The van der Waals surface area contributed by atoms with Crippen molar-refractivity contribution in [3.05, 3.63) is 24.0 Å². The molecule has 8 heteroatoms. The molecule has 0 fully saturated rings. The predicted octanol–water partition coefficient (Wildman–Crippen LogP) is -1.72. The molecule has 3 nitrogen and oxygen atoms in total. The number of rotatable bonds is 1. The molecule has 0 aliphatic heterocycles. The molecule has 0 saturated carbocycles. The maximum Gasteiger partial charge on any atom is 2.00 e. The van der Waals surface area contributed by atoms with Crippen LogP contribution in [0.2, 0.25) is 0 Å². The molecular formula is C7H2ClF3MgN2O. The van der Waals surface area contributed by atoms with Crippen molar-refractivity contribution < 1.29 is 30.3 Å². The number of alkyl halides is 3. The van der Waals surface area contributed by atoms with Crippen LogP contribution in [0, 0.1) is 17.5 Å². The van der Waals surface area contributed by atoms with Crippen molar-refractivity contribution in [2.75, 3.05) is 0 Å². The van der Waals surface area contributed by atoms with E-state index in [0.29, 0.717) is 0 Å². The van der Waals surface area contributed by atoms with Gasteiger partial charge in [-0.05, 0) is 0 Å². The predicted molar refractivity (Wildman–Crippen MR) is 40.2 cm³/mol. The number of halogens is 4. The standard InChI is InChI=1S/C7H2F3N2O.ClH.Mg/c8-7(9,10)13-6-2-1-3-12-5(6)4-11;;/h1-2H;1H;/q-1;;+2/p-1. The monoisotopic (exact) mass is 246 g/mol. The number of nitrogens with zero attached hydrogens (tertiary/aromatic N) is 2. The van der Waals surface area contributed by atoms with E-state index < -0.39 is 17.8 Å². The van der Waals surface area contributed by atoms with Crippen LogP contribution < -0.4 is 17.1 Å². The Hall–Kier alpha value is -0.714. The van der Waals surface area contributed by atoms with Crippen LogP contribution in [-0.4, -0.2) is 34.4 Å². The molecule has 0 bridgehead atoms. The minimum Gasteiger partial charge on any atom is -1.00 e. The normalized spacial score (nSPS) is 9.20. The van der Waals surface area contributed by atoms with Gasteiger partial charge >= 0.3 is 29.4 Å². The Labute approximate surface area is 106 Å². The first-order valence-electron chi connectivity index (χ1n) is 3.06. The Morgan fingerprint density at radius 1 is 1.47 bits per heavy atom. The van der Waals surface area contributed by atoms with Gasteiger partial charge in [-0.25, -0.2) is 5.26 Å².